The fraction of sp³-hybridized carbons (Fsp3) is 0.393. The predicted molar refractivity (Wildman–Crippen MR) is 134 cm³/mol. The van der Waals surface area contributed by atoms with Crippen molar-refractivity contribution in [2.45, 2.75) is 46.5 Å². The van der Waals surface area contributed by atoms with Gasteiger partial charge in [0.25, 0.3) is 0 Å². The Hall–Kier alpha value is -3.55. The van der Waals surface area contributed by atoms with Crippen LogP contribution in [0.5, 0.6) is 5.88 Å². The Labute approximate surface area is 210 Å². The Kier molecular flexibility index (Phi) is 7.52. The third kappa shape index (κ3) is 5.80. The molecule has 2 aromatic heterocycles. The molecule has 0 bridgehead atoms. The number of pyridine rings is 2. The van der Waals surface area contributed by atoms with E-state index in [0.717, 1.165) is 31.6 Å². The van der Waals surface area contributed by atoms with Gasteiger partial charge >= 0.3 is 5.97 Å². The summed E-state index contributed by atoms with van der Waals surface area (Å²) in [5.74, 6) is -2.09. The minimum Gasteiger partial charge on any atom is -0.481 e. The number of benzene rings is 1. The second-order valence-corrected chi connectivity index (χ2v) is 10.0. The minimum absolute atomic E-state index is 0.0772. The average Bonchev–Trinajstić information content (AvgIpc) is 2.82. The summed E-state index contributed by atoms with van der Waals surface area (Å²) in [5.41, 5.74) is 3.87. The second kappa shape index (κ2) is 10.6. The van der Waals surface area contributed by atoms with Gasteiger partial charge in [0.1, 0.15) is 5.82 Å². The Bertz CT molecular complexity index is 1250. The highest BCUT2D eigenvalue weighted by Crippen LogP contribution is 2.40. The number of ether oxygens (including phenoxy) is 1. The number of aliphatic carboxylic acids is 1. The van der Waals surface area contributed by atoms with Crippen LogP contribution in [0.25, 0.3) is 11.1 Å². The molecule has 0 unspecified atom stereocenters. The van der Waals surface area contributed by atoms with Gasteiger partial charge in [-0.3, -0.25) is 9.78 Å². The molecule has 1 aromatic carbocycles. The number of aromatic nitrogens is 2. The first kappa shape index (κ1) is 25.5. The molecule has 3 heterocycles. The van der Waals surface area contributed by atoms with Gasteiger partial charge < -0.3 is 14.7 Å². The van der Waals surface area contributed by atoms with Crippen molar-refractivity contribution >= 4 is 11.7 Å². The van der Waals surface area contributed by atoms with Crippen molar-refractivity contribution in [3.05, 3.63) is 71.2 Å². The number of rotatable bonds is 8. The summed E-state index contributed by atoms with van der Waals surface area (Å²) in [6.45, 7) is 7.86. The number of anilines is 1. The van der Waals surface area contributed by atoms with Crippen LogP contribution in [0.15, 0.2) is 42.7 Å². The van der Waals surface area contributed by atoms with E-state index in [2.05, 4.69) is 28.7 Å². The van der Waals surface area contributed by atoms with E-state index in [4.69, 9.17) is 4.74 Å². The summed E-state index contributed by atoms with van der Waals surface area (Å²) < 4.78 is 34.3. The van der Waals surface area contributed by atoms with Crippen LogP contribution in [0.1, 0.15) is 43.5 Å². The molecular formula is C28H31F2N3O3. The van der Waals surface area contributed by atoms with E-state index in [-0.39, 0.29) is 36.6 Å². The lowest BCUT2D eigenvalue weighted by Crippen LogP contribution is -2.38. The Morgan fingerprint density at radius 2 is 1.83 bits per heavy atom. The van der Waals surface area contributed by atoms with Crippen molar-refractivity contribution in [3.63, 3.8) is 0 Å². The van der Waals surface area contributed by atoms with Crippen molar-refractivity contribution in [1.29, 1.82) is 0 Å². The molecule has 1 aliphatic heterocycles. The summed E-state index contributed by atoms with van der Waals surface area (Å²) in [6.07, 6.45) is 5.20. The molecule has 0 spiro atoms. The van der Waals surface area contributed by atoms with E-state index in [1.54, 1.807) is 31.3 Å². The van der Waals surface area contributed by atoms with Gasteiger partial charge in [-0.2, -0.15) is 0 Å². The smallest absolute Gasteiger partial charge is 0.307 e. The quantitative estimate of drug-likeness (QED) is 0.438. The zero-order valence-corrected chi connectivity index (χ0v) is 20.9. The fourth-order valence-corrected chi connectivity index (χ4v) is 4.54. The molecule has 3 aromatic rings. The maximum absolute atomic E-state index is 15.0. The maximum Gasteiger partial charge on any atom is 0.307 e. The lowest BCUT2D eigenvalue weighted by Gasteiger charge is -2.40. The SMILES string of the molecule is Cc1ncc(-c2cnc(OCCc3ccccc3F)c(F)c2)c(N2CCC(C)(C)CC2)c1CC(=O)O. The van der Waals surface area contributed by atoms with Crippen LogP contribution in [0.4, 0.5) is 14.5 Å². The van der Waals surface area contributed by atoms with Crippen molar-refractivity contribution in [1.82, 2.24) is 9.97 Å². The maximum atomic E-state index is 15.0. The third-order valence-corrected chi connectivity index (χ3v) is 6.81. The van der Waals surface area contributed by atoms with E-state index in [1.807, 2.05) is 0 Å². The van der Waals surface area contributed by atoms with Crippen molar-refractivity contribution in [3.8, 4) is 17.0 Å². The molecule has 1 fully saturated rings. The van der Waals surface area contributed by atoms with Crippen molar-refractivity contribution in [2.24, 2.45) is 5.41 Å². The molecule has 0 saturated carbocycles. The summed E-state index contributed by atoms with van der Waals surface area (Å²) >= 11 is 0. The van der Waals surface area contributed by atoms with Crippen LogP contribution in [-0.4, -0.2) is 40.7 Å². The van der Waals surface area contributed by atoms with Gasteiger partial charge in [0.15, 0.2) is 5.82 Å². The van der Waals surface area contributed by atoms with Gasteiger partial charge in [-0.15, -0.1) is 0 Å². The number of carboxylic acids is 1. The Morgan fingerprint density at radius 3 is 2.50 bits per heavy atom. The standard InChI is InChI=1S/C28H31F2N3O3/c1-18-21(15-25(34)35)26(33-11-9-28(2,3)10-12-33)22(17-31-18)20-14-24(30)27(32-16-20)36-13-8-19-6-4-5-7-23(19)29/h4-7,14,16-17H,8-13,15H2,1-3H3,(H,34,35). The molecule has 6 nitrogen and oxygen atoms in total. The molecule has 1 N–H and O–H groups in total. The molecule has 0 amide bonds. The second-order valence-electron chi connectivity index (χ2n) is 10.0. The number of halogens is 2. The highest BCUT2D eigenvalue weighted by atomic mass is 19.1. The Balaban J connectivity index is 1.62. The molecule has 8 heteroatoms. The van der Waals surface area contributed by atoms with Gasteiger partial charge in [-0.05, 0) is 42.9 Å². The lowest BCUT2D eigenvalue weighted by atomic mass is 9.82. The number of carbonyl (C=O) groups is 1. The number of hydrogen-bond donors (Lipinski definition) is 1. The van der Waals surface area contributed by atoms with Crippen molar-refractivity contribution < 1.29 is 23.4 Å². The highest BCUT2D eigenvalue weighted by Gasteiger charge is 2.29. The summed E-state index contributed by atoms with van der Waals surface area (Å²) in [6, 6.07) is 7.72. The molecule has 36 heavy (non-hydrogen) atoms. The Morgan fingerprint density at radius 1 is 1.11 bits per heavy atom. The van der Waals surface area contributed by atoms with Crippen LogP contribution < -0.4 is 9.64 Å². The molecule has 0 radical (unpaired) electrons. The van der Waals surface area contributed by atoms with E-state index >= 15 is 4.39 Å². The molecule has 0 aliphatic carbocycles. The lowest BCUT2D eigenvalue weighted by molar-refractivity contribution is -0.136. The number of nitrogens with zero attached hydrogens (tertiary/aromatic N) is 3. The fourth-order valence-electron chi connectivity index (χ4n) is 4.54. The van der Waals surface area contributed by atoms with Crippen LogP contribution >= 0.6 is 0 Å². The molecule has 4 rings (SSSR count). The van der Waals surface area contributed by atoms with E-state index in [1.165, 1.54) is 18.3 Å². The largest absolute Gasteiger partial charge is 0.481 e. The van der Waals surface area contributed by atoms with Gasteiger partial charge in [0, 0.05) is 54.3 Å². The van der Waals surface area contributed by atoms with Gasteiger partial charge in [0.2, 0.25) is 5.88 Å². The monoisotopic (exact) mass is 495 g/mol. The number of carboxylic acid groups (broad SMARTS) is 1. The molecule has 0 atom stereocenters. The molecule has 1 saturated heterocycles. The average molecular weight is 496 g/mol. The summed E-state index contributed by atoms with van der Waals surface area (Å²) in [4.78, 5) is 22.5. The predicted octanol–water partition coefficient (Wildman–Crippen LogP) is 5.61. The third-order valence-electron chi connectivity index (χ3n) is 6.81. The number of aryl methyl sites for hydroxylation is 1. The molecule has 1 aliphatic rings. The van der Waals surface area contributed by atoms with Gasteiger partial charge in [-0.1, -0.05) is 32.0 Å². The minimum atomic E-state index is -0.946. The molecule has 190 valence electrons. The zero-order chi connectivity index (χ0) is 25.9. The van der Waals surface area contributed by atoms with E-state index in [9.17, 15) is 14.3 Å². The number of piperidine rings is 1. The highest BCUT2D eigenvalue weighted by molar-refractivity contribution is 5.84. The normalized spacial score (nSPS) is 15.1. The number of hydrogen-bond acceptors (Lipinski definition) is 5. The first-order valence-electron chi connectivity index (χ1n) is 12.1. The van der Waals surface area contributed by atoms with Crippen LogP contribution in [0.3, 0.4) is 0 Å². The van der Waals surface area contributed by atoms with Crippen molar-refractivity contribution in [2.75, 3.05) is 24.6 Å². The van der Waals surface area contributed by atoms with Crippen LogP contribution in [-0.2, 0) is 17.6 Å². The van der Waals surface area contributed by atoms with E-state index in [0.29, 0.717) is 27.9 Å². The van der Waals surface area contributed by atoms with Crippen LogP contribution in [0.2, 0.25) is 0 Å². The topological polar surface area (TPSA) is 75.6 Å². The summed E-state index contributed by atoms with van der Waals surface area (Å²) in [5, 5.41) is 9.56. The van der Waals surface area contributed by atoms with E-state index < -0.39 is 11.8 Å². The molecular weight excluding hydrogens is 464 g/mol. The van der Waals surface area contributed by atoms with Gasteiger partial charge in [0.05, 0.1) is 18.7 Å². The van der Waals surface area contributed by atoms with Crippen LogP contribution in [0, 0.1) is 24.0 Å². The van der Waals surface area contributed by atoms with Gasteiger partial charge in [-0.25, -0.2) is 13.8 Å². The zero-order valence-electron chi connectivity index (χ0n) is 20.9. The first-order valence-corrected chi connectivity index (χ1v) is 12.1. The summed E-state index contributed by atoms with van der Waals surface area (Å²) in [7, 11) is 0. The first-order chi connectivity index (χ1) is 17.1.